The number of nitrogens with zero attached hydrogens (tertiary/aromatic N) is 5. The highest BCUT2D eigenvalue weighted by atomic mass is 32.2. The molecule has 3 aromatic heterocycles. The van der Waals surface area contributed by atoms with E-state index < -0.39 is 10.0 Å². The zero-order chi connectivity index (χ0) is 21.4. The molecule has 158 valence electrons. The molecule has 31 heavy (non-hydrogen) atoms. The Hall–Kier alpha value is -3.10. The molecule has 1 aliphatic heterocycles. The molecule has 0 spiro atoms. The minimum absolute atomic E-state index is 0.111. The Balaban J connectivity index is 1.39. The number of hydrogen-bond donors (Lipinski definition) is 0. The summed E-state index contributed by atoms with van der Waals surface area (Å²) >= 11 is 0. The molecule has 0 saturated heterocycles. The van der Waals surface area contributed by atoms with E-state index in [1.165, 1.54) is 0 Å². The van der Waals surface area contributed by atoms with Gasteiger partial charge in [0.15, 0.2) is 5.65 Å². The molecular formula is C23H23N5O2S. The lowest BCUT2D eigenvalue weighted by Crippen LogP contribution is -2.38. The predicted molar refractivity (Wildman–Crippen MR) is 120 cm³/mol. The normalized spacial score (nSPS) is 14.6. The second-order valence-electron chi connectivity index (χ2n) is 7.90. The maximum Gasteiger partial charge on any atom is 0.214 e. The Morgan fingerprint density at radius 3 is 2.68 bits per heavy atom. The molecule has 0 atom stereocenters. The van der Waals surface area contributed by atoms with E-state index in [1.807, 2.05) is 61.9 Å². The zero-order valence-corrected chi connectivity index (χ0v) is 18.1. The summed E-state index contributed by atoms with van der Waals surface area (Å²) in [6, 6.07) is 13.8. The van der Waals surface area contributed by atoms with Crippen LogP contribution in [0.3, 0.4) is 0 Å². The predicted octanol–water partition coefficient (Wildman–Crippen LogP) is 2.96. The third kappa shape index (κ3) is 4.08. The molecule has 0 fully saturated rings. The standard InChI is InChI=1S/C23H23N5O2S/c1-27-15-21(14-25-27)19-11-18-12-20-16-28(9-7-22(20)26-23(18)24-13-19)31(29,30)10-8-17-5-3-2-4-6-17/h2-6,11-15H,7-10,16H2,1H3. The van der Waals surface area contributed by atoms with Crippen LogP contribution in [0.4, 0.5) is 0 Å². The molecule has 0 saturated carbocycles. The summed E-state index contributed by atoms with van der Waals surface area (Å²) in [5.41, 5.74) is 5.55. The van der Waals surface area contributed by atoms with Crippen molar-refractivity contribution in [2.45, 2.75) is 19.4 Å². The number of benzene rings is 1. The Morgan fingerprint density at radius 1 is 1.06 bits per heavy atom. The highest BCUT2D eigenvalue weighted by molar-refractivity contribution is 7.89. The SMILES string of the molecule is Cn1cc(-c2cnc3nc4c(cc3c2)CN(S(=O)(=O)CCc2ccccc2)CC4)cn1. The highest BCUT2D eigenvalue weighted by Gasteiger charge is 2.27. The van der Waals surface area contributed by atoms with E-state index in [2.05, 4.69) is 10.1 Å². The summed E-state index contributed by atoms with van der Waals surface area (Å²) in [5.74, 6) is 0.111. The van der Waals surface area contributed by atoms with Crippen molar-refractivity contribution < 1.29 is 8.42 Å². The number of fused-ring (bicyclic) bond motifs is 2. The van der Waals surface area contributed by atoms with Crippen LogP contribution in [0.5, 0.6) is 0 Å². The molecule has 0 amide bonds. The van der Waals surface area contributed by atoms with E-state index >= 15 is 0 Å². The topological polar surface area (TPSA) is 81.0 Å². The third-order valence-corrected chi connectivity index (χ3v) is 7.52. The van der Waals surface area contributed by atoms with Gasteiger partial charge in [0.05, 0.1) is 11.9 Å². The zero-order valence-electron chi connectivity index (χ0n) is 17.3. The van der Waals surface area contributed by atoms with Crippen LogP contribution in [0.15, 0.2) is 61.1 Å². The number of pyridine rings is 2. The van der Waals surface area contributed by atoms with Crippen LogP contribution < -0.4 is 0 Å². The Bertz CT molecular complexity index is 1350. The molecule has 0 unspecified atom stereocenters. The lowest BCUT2D eigenvalue weighted by atomic mass is 10.0. The van der Waals surface area contributed by atoms with Gasteiger partial charge in [-0.25, -0.2) is 18.4 Å². The van der Waals surface area contributed by atoms with E-state index in [0.717, 1.165) is 33.3 Å². The molecule has 7 nitrogen and oxygen atoms in total. The van der Waals surface area contributed by atoms with Gasteiger partial charge in [0, 0.05) is 61.2 Å². The molecule has 4 heterocycles. The van der Waals surface area contributed by atoms with E-state index in [-0.39, 0.29) is 5.75 Å². The average molecular weight is 434 g/mol. The minimum atomic E-state index is -3.35. The van der Waals surface area contributed by atoms with Gasteiger partial charge in [-0.15, -0.1) is 0 Å². The monoisotopic (exact) mass is 433 g/mol. The van der Waals surface area contributed by atoms with Crippen molar-refractivity contribution in [3.8, 4) is 11.1 Å². The second kappa shape index (κ2) is 7.86. The molecule has 1 aliphatic rings. The van der Waals surface area contributed by atoms with Crippen molar-refractivity contribution in [1.82, 2.24) is 24.1 Å². The van der Waals surface area contributed by atoms with Gasteiger partial charge in [0.1, 0.15) is 0 Å². The van der Waals surface area contributed by atoms with E-state index in [4.69, 9.17) is 4.98 Å². The average Bonchev–Trinajstić information content (AvgIpc) is 3.22. The summed E-state index contributed by atoms with van der Waals surface area (Å²) in [7, 11) is -1.47. The first kappa shape index (κ1) is 19.8. The van der Waals surface area contributed by atoms with Crippen molar-refractivity contribution in [3.63, 3.8) is 0 Å². The van der Waals surface area contributed by atoms with Gasteiger partial charge < -0.3 is 0 Å². The molecule has 0 N–H and O–H groups in total. The van der Waals surface area contributed by atoms with Gasteiger partial charge in [-0.2, -0.15) is 9.40 Å². The fraction of sp³-hybridized carbons (Fsp3) is 0.261. The fourth-order valence-electron chi connectivity index (χ4n) is 3.98. The van der Waals surface area contributed by atoms with Gasteiger partial charge >= 0.3 is 0 Å². The van der Waals surface area contributed by atoms with Crippen molar-refractivity contribution in [2.75, 3.05) is 12.3 Å². The highest BCUT2D eigenvalue weighted by Crippen LogP contribution is 2.27. The first-order valence-electron chi connectivity index (χ1n) is 10.3. The Labute approximate surface area is 181 Å². The van der Waals surface area contributed by atoms with Crippen molar-refractivity contribution >= 4 is 21.1 Å². The molecule has 0 radical (unpaired) electrons. The maximum absolute atomic E-state index is 13.0. The Kier molecular flexibility index (Phi) is 5.03. The van der Waals surface area contributed by atoms with E-state index in [9.17, 15) is 8.42 Å². The molecular weight excluding hydrogens is 410 g/mol. The van der Waals surface area contributed by atoms with Crippen molar-refractivity contribution in [3.05, 3.63) is 77.9 Å². The van der Waals surface area contributed by atoms with Crippen LogP contribution >= 0.6 is 0 Å². The van der Waals surface area contributed by atoms with Crippen LogP contribution in [-0.2, 0) is 36.5 Å². The van der Waals surface area contributed by atoms with Crippen molar-refractivity contribution in [2.24, 2.45) is 7.05 Å². The second-order valence-corrected chi connectivity index (χ2v) is 9.99. The number of rotatable bonds is 5. The summed E-state index contributed by atoms with van der Waals surface area (Å²) < 4.78 is 29.3. The van der Waals surface area contributed by atoms with Gasteiger partial charge in [0.2, 0.25) is 10.0 Å². The van der Waals surface area contributed by atoms with Gasteiger partial charge in [0.25, 0.3) is 0 Å². The summed E-state index contributed by atoms with van der Waals surface area (Å²) in [5, 5.41) is 5.13. The van der Waals surface area contributed by atoms with Gasteiger partial charge in [-0.05, 0) is 29.7 Å². The maximum atomic E-state index is 13.0. The smallest absolute Gasteiger partial charge is 0.214 e. The summed E-state index contributed by atoms with van der Waals surface area (Å²) in [6.07, 6.45) is 6.66. The number of sulfonamides is 1. The van der Waals surface area contributed by atoms with Crippen LogP contribution in [0, 0.1) is 0 Å². The van der Waals surface area contributed by atoms with Gasteiger partial charge in [-0.1, -0.05) is 30.3 Å². The van der Waals surface area contributed by atoms with Crippen LogP contribution in [0.25, 0.3) is 22.2 Å². The summed E-state index contributed by atoms with van der Waals surface area (Å²) in [6.45, 7) is 0.808. The number of hydrogen-bond acceptors (Lipinski definition) is 5. The van der Waals surface area contributed by atoms with Gasteiger partial charge in [-0.3, -0.25) is 4.68 Å². The largest absolute Gasteiger partial charge is 0.275 e. The first-order chi connectivity index (χ1) is 15.0. The molecule has 5 rings (SSSR count). The van der Waals surface area contributed by atoms with Crippen molar-refractivity contribution in [1.29, 1.82) is 0 Å². The minimum Gasteiger partial charge on any atom is -0.275 e. The fourth-order valence-corrected chi connectivity index (χ4v) is 5.44. The molecule has 4 aromatic rings. The molecule has 0 bridgehead atoms. The van der Waals surface area contributed by atoms with Crippen LogP contribution in [0.2, 0.25) is 0 Å². The van der Waals surface area contributed by atoms with Crippen LogP contribution in [0.1, 0.15) is 16.8 Å². The number of aromatic nitrogens is 4. The quantitative estimate of drug-likeness (QED) is 0.483. The molecule has 0 aliphatic carbocycles. The first-order valence-corrected chi connectivity index (χ1v) is 11.9. The van der Waals surface area contributed by atoms with E-state index in [0.29, 0.717) is 31.6 Å². The lowest BCUT2D eigenvalue weighted by Gasteiger charge is -2.27. The van der Waals surface area contributed by atoms with E-state index in [1.54, 1.807) is 15.2 Å². The number of aryl methyl sites for hydroxylation is 2. The summed E-state index contributed by atoms with van der Waals surface area (Å²) in [4.78, 5) is 9.24. The Morgan fingerprint density at radius 2 is 1.90 bits per heavy atom. The lowest BCUT2D eigenvalue weighted by molar-refractivity contribution is 0.388. The third-order valence-electron chi connectivity index (χ3n) is 5.70. The van der Waals surface area contributed by atoms with Crippen LogP contribution in [-0.4, -0.2) is 44.8 Å². The molecule has 1 aromatic carbocycles. The molecule has 8 heteroatoms.